The monoisotopic (exact) mass is 392 g/mol. The minimum atomic E-state index is -4.53. The number of carbonyl (C=O) groups is 1. The fraction of sp³-hybridized carbons (Fsp3) is 0.500. The normalized spacial score (nSPS) is 18.7. The van der Waals surface area contributed by atoms with Crippen molar-refractivity contribution in [1.29, 1.82) is 0 Å². The molecule has 0 aliphatic carbocycles. The molecule has 2 unspecified atom stereocenters. The number of piperidine rings is 1. The van der Waals surface area contributed by atoms with Gasteiger partial charge in [-0.1, -0.05) is 12.7 Å². The van der Waals surface area contributed by atoms with Gasteiger partial charge in [0.05, 0.1) is 11.1 Å². The summed E-state index contributed by atoms with van der Waals surface area (Å²) in [6.07, 6.45) is -1.37. The molecule has 4 nitrogen and oxygen atoms in total. The van der Waals surface area contributed by atoms with Crippen molar-refractivity contribution in [3.05, 3.63) is 42.0 Å². The number of alkyl halides is 3. The van der Waals surface area contributed by atoms with Crippen LogP contribution in [-0.2, 0) is 6.18 Å². The number of rotatable bonds is 5. The van der Waals surface area contributed by atoms with Crippen LogP contribution in [0.25, 0.3) is 0 Å². The summed E-state index contributed by atoms with van der Waals surface area (Å²) in [7, 11) is 0. The molecule has 2 rings (SSSR count). The van der Waals surface area contributed by atoms with E-state index in [1.807, 2.05) is 6.92 Å². The molecule has 1 saturated heterocycles. The number of hydrogen-bond acceptors (Lipinski definition) is 3. The number of likely N-dealkylation sites (tertiary alicyclic amines) is 1. The van der Waals surface area contributed by atoms with Gasteiger partial charge in [0.15, 0.2) is 0 Å². The Morgan fingerprint density at radius 3 is 2.77 bits per heavy atom. The summed E-state index contributed by atoms with van der Waals surface area (Å²) in [5.74, 6) is -0.197. The first-order chi connectivity index (χ1) is 11.7. The van der Waals surface area contributed by atoms with Crippen molar-refractivity contribution >= 4 is 18.3 Å². The topological polar surface area (TPSA) is 55.6 Å². The second kappa shape index (κ2) is 9.28. The average Bonchev–Trinajstić information content (AvgIpc) is 2.58. The summed E-state index contributed by atoms with van der Waals surface area (Å²) in [6, 6.07) is 2.88. The van der Waals surface area contributed by atoms with Crippen molar-refractivity contribution in [3.63, 3.8) is 0 Å². The third-order valence-electron chi connectivity index (χ3n) is 4.38. The Hall–Kier alpha value is -1.73. The van der Waals surface area contributed by atoms with E-state index >= 15 is 0 Å². The zero-order chi connectivity index (χ0) is 18.6. The van der Waals surface area contributed by atoms with E-state index in [9.17, 15) is 18.0 Å². The van der Waals surface area contributed by atoms with Gasteiger partial charge in [-0.15, -0.1) is 12.4 Å². The van der Waals surface area contributed by atoms with Gasteiger partial charge in [0.25, 0.3) is 5.91 Å². The van der Waals surface area contributed by atoms with Crippen LogP contribution < -0.4 is 10.5 Å². The molecule has 1 fully saturated rings. The SMILES string of the molecule is C=CCOc1ccc(C(F)(F)F)cc1C(=O)N1CCCC(C(C)N)C1.Cl. The first-order valence-electron chi connectivity index (χ1n) is 8.23. The maximum Gasteiger partial charge on any atom is 0.416 e. The quantitative estimate of drug-likeness (QED) is 0.773. The Balaban J connectivity index is 0.00000338. The van der Waals surface area contributed by atoms with E-state index in [0.29, 0.717) is 13.1 Å². The van der Waals surface area contributed by atoms with Crippen molar-refractivity contribution in [1.82, 2.24) is 4.90 Å². The van der Waals surface area contributed by atoms with Gasteiger partial charge in [0.2, 0.25) is 0 Å². The zero-order valence-electron chi connectivity index (χ0n) is 14.6. The highest BCUT2D eigenvalue weighted by Gasteiger charge is 2.34. The highest BCUT2D eigenvalue weighted by atomic mass is 35.5. The van der Waals surface area contributed by atoms with Gasteiger partial charge < -0.3 is 15.4 Å². The molecular formula is C18H24ClF3N2O2. The minimum absolute atomic E-state index is 0. The highest BCUT2D eigenvalue weighted by Crippen LogP contribution is 2.33. The smallest absolute Gasteiger partial charge is 0.416 e. The molecule has 1 heterocycles. The Kier molecular flexibility index (Phi) is 7.96. The summed E-state index contributed by atoms with van der Waals surface area (Å²) in [6.45, 7) is 6.43. The van der Waals surface area contributed by atoms with E-state index in [-0.39, 0.29) is 42.3 Å². The molecule has 1 amide bonds. The number of carbonyl (C=O) groups excluding carboxylic acids is 1. The van der Waals surface area contributed by atoms with E-state index in [1.165, 1.54) is 12.1 Å². The minimum Gasteiger partial charge on any atom is -0.489 e. The number of halogens is 4. The third kappa shape index (κ3) is 5.38. The van der Waals surface area contributed by atoms with Crippen LogP contribution in [0.3, 0.4) is 0 Å². The molecule has 2 atom stereocenters. The van der Waals surface area contributed by atoms with Crippen molar-refractivity contribution in [2.24, 2.45) is 11.7 Å². The summed E-state index contributed by atoms with van der Waals surface area (Å²) in [5, 5.41) is 0. The van der Waals surface area contributed by atoms with E-state index < -0.39 is 17.6 Å². The van der Waals surface area contributed by atoms with Gasteiger partial charge in [-0.2, -0.15) is 13.2 Å². The summed E-state index contributed by atoms with van der Waals surface area (Å²) >= 11 is 0. The lowest BCUT2D eigenvalue weighted by atomic mass is 9.91. The number of amides is 1. The summed E-state index contributed by atoms with van der Waals surface area (Å²) in [5.41, 5.74) is 4.97. The van der Waals surface area contributed by atoms with Gasteiger partial charge in [-0.3, -0.25) is 4.79 Å². The lowest BCUT2D eigenvalue weighted by Crippen LogP contribution is -2.45. The molecule has 2 N–H and O–H groups in total. The molecule has 1 aromatic carbocycles. The van der Waals surface area contributed by atoms with Gasteiger partial charge in [-0.05, 0) is 43.9 Å². The number of hydrogen-bond donors (Lipinski definition) is 1. The maximum absolute atomic E-state index is 13.0. The largest absolute Gasteiger partial charge is 0.489 e. The average molecular weight is 393 g/mol. The van der Waals surface area contributed by atoms with Crippen molar-refractivity contribution < 1.29 is 22.7 Å². The fourth-order valence-corrected chi connectivity index (χ4v) is 2.94. The zero-order valence-corrected chi connectivity index (χ0v) is 15.4. The molecule has 0 saturated carbocycles. The van der Waals surface area contributed by atoms with Gasteiger partial charge in [0, 0.05) is 19.1 Å². The molecule has 8 heteroatoms. The maximum atomic E-state index is 13.0. The van der Waals surface area contributed by atoms with Crippen LogP contribution in [0.1, 0.15) is 35.7 Å². The van der Waals surface area contributed by atoms with Gasteiger partial charge in [-0.25, -0.2) is 0 Å². The summed E-state index contributed by atoms with van der Waals surface area (Å²) in [4.78, 5) is 14.4. The number of nitrogens with two attached hydrogens (primary N) is 1. The first kappa shape index (κ1) is 22.3. The highest BCUT2D eigenvalue weighted by molar-refractivity contribution is 5.97. The van der Waals surface area contributed by atoms with Crippen LogP contribution in [0.2, 0.25) is 0 Å². The van der Waals surface area contributed by atoms with E-state index in [0.717, 1.165) is 25.0 Å². The summed E-state index contributed by atoms with van der Waals surface area (Å²) < 4.78 is 44.5. The standard InChI is InChI=1S/C18H23F3N2O2.ClH/c1-3-9-25-16-7-6-14(18(19,20)21)10-15(16)17(24)23-8-4-5-13(11-23)12(2)22;/h3,6-7,10,12-13H,1,4-5,8-9,11,22H2,2H3;1H. The number of nitrogens with zero attached hydrogens (tertiary/aromatic N) is 1. The second-order valence-corrected chi connectivity index (χ2v) is 6.32. The van der Waals surface area contributed by atoms with Crippen LogP contribution in [0.5, 0.6) is 5.75 Å². The van der Waals surface area contributed by atoms with Crippen LogP contribution in [0, 0.1) is 5.92 Å². The van der Waals surface area contributed by atoms with Gasteiger partial charge >= 0.3 is 6.18 Å². The molecule has 26 heavy (non-hydrogen) atoms. The molecule has 0 aromatic heterocycles. The van der Waals surface area contributed by atoms with Crippen LogP contribution in [0.15, 0.2) is 30.9 Å². The predicted molar refractivity (Wildman–Crippen MR) is 96.7 cm³/mol. The van der Waals surface area contributed by atoms with Crippen LogP contribution >= 0.6 is 12.4 Å². The fourth-order valence-electron chi connectivity index (χ4n) is 2.94. The molecule has 0 bridgehead atoms. The van der Waals surface area contributed by atoms with Crippen molar-refractivity contribution in [3.8, 4) is 5.75 Å². The van der Waals surface area contributed by atoms with Gasteiger partial charge in [0.1, 0.15) is 12.4 Å². The Morgan fingerprint density at radius 2 is 2.19 bits per heavy atom. The van der Waals surface area contributed by atoms with Crippen molar-refractivity contribution in [2.45, 2.75) is 32.0 Å². The molecular weight excluding hydrogens is 369 g/mol. The number of benzene rings is 1. The molecule has 146 valence electrons. The predicted octanol–water partition coefficient (Wildman–Crippen LogP) is 3.89. The Morgan fingerprint density at radius 1 is 1.50 bits per heavy atom. The first-order valence-corrected chi connectivity index (χ1v) is 8.23. The van der Waals surface area contributed by atoms with Crippen LogP contribution in [-0.4, -0.2) is 36.5 Å². The number of ether oxygens (including phenoxy) is 1. The van der Waals surface area contributed by atoms with Crippen LogP contribution in [0.4, 0.5) is 13.2 Å². The Bertz CT molecular complexity index is 635. The molecule has 1 aromatic rings. The lowest BCUT2D eigenvalue weighted by molar-refractivity contribution is -0.137. The van der Waals surface area contributed by atoms with E-state index in [4.69, 9.17) is 10.5 Å². The van der Waals surface area contributed by atoms with E-state index in [2.05, 4.69) is 6.58 Å². The second-order valence-electron chi connectivity index (χ2n) is 6.32. The Labute approximate surface area is 157 Å². The van der Waals surface area contributed by atoms with Crippen molar-refractivity contribution in [2.75, 3.05) is 19.7 Å². The third-order valence-corrected chi connectivity index (χ3v) is 4.38. The van der Waals surface area contributed by atoms with E-state index in [1.54, 1.807) is 4.90 Å². The molecule has 0 radical (unpaired) electrons. The lowest BCUT2D eigenvalue weighted by Gasteiger charge is -2.35. The molecule has 1 aliphatic rings. The molecule has 0 spiro atoms. The molecule has 1 aliphatic heterocycles.